The Morgan fingerprint density at radius 2 is 1.00 bits per heavy atom. The smallest absolute Gasteiger partial charge is 2.00 e. The van der Waals surface area contributed by atoms with Crippen molar-refractivity contribution in [2.75, 3.05) is 0 Å². The SMILES string of the molecule is [Cs+].[K+].[Na+].[Nb+5].[O-2].[Si+4].[W]. The van der Waals surface area contributed by atoms with Crippen LogP contribution in [0.1, 0.15) is 0 Å². The van der Waals surface area contributed by atoms with Gasteiger partial charge in [0.2, 0.25) is 0 Å². The van der Waals surface area contributed by atoms with Crippen LogP contribution in [0.25, 0.3) is 0 Å². The van der Waals surface area contributed by atoms with Crippen molar-refractivity contribution in [1.29, 1.82) is 0 Å². The summed E-state index contributed by atoms with van der Waals surface area (Å²) in [5.74, 6) is 0. The molecule has 14 valence electrons. The molecule has 0 aliphatic carbocycles. The van der Waals surface area contributed by atoms with Crippen molar-refractivity contribution in [3.63, 3.8) is 0 Å². The molecule has 0 unspecified atom stereocenters. The third kappa shape index (κ3) is 32.9. The largest absolute Gasteiger partial charge is 5.00 e. The van der Waals surface area contributed by atoms with E-state index in [0.29, 0.717) is 0 Å². The maximum Gasteiger partial charge on any atom is 5.00 e. The molecule has 7 heavy (non-hydrogen) atoms. The molecule has 0 rings (SSSR count). The quantitative estimate of drug-likeness (QED) is 0.287. The summed E-state index contributed by atoms with van der Waals surface area (Å²) in [6.45, 7) is 0. The van der Waals surface area contributed by atoms with Crippen molar-refractivity contribution in [3.8, 4) is 0 Å². The molecule has 0 aromatic rings. The molecule has 0 N–H and O–H groups in total. The van der Waals surface area contributed by atoms with E-state index in [0.717, 1.165) is 0 Å². The van der Waals surface area contributed by atoms with Crippen LogP contribution in [0.5, 0.6) is 0 Å². The van der Waals surface area contributed by atoms with E-state index in [4.69, 9.17) is 0 Å². The maximum absolute atomic E-state index is 0. The Morgan fingerprint density at radius 1 is 1.00 bits per heavy atom. The second-order valence-corrected chi connectivity index (χ2v) is 0. The van der Waals surface area contributed by atoms with Crippen molar-refractivity contribution >= 4 is 11.0 Å². The predicted molar refractivity (Wildman–Crippen MR) is 6.44 cm³/mol. The molecule has 0 amide bonds. The van der Waals surface area contributed by atoms with E-state index < -0.39 is 0 Å². The summed E-state index contributed by atoms with van der Waals surface area (Å²) in [5, 5.41) is 0. The third-order valence-corrected chi connectivity index (χ3v) is 0. The van der Waals surface area contributed by atoms with Crippen molar-refractivity contribution in [2.45, 2.75) is 0 Å². The molecule has 0 aliphatic rings. The summed E-state index contributed by atoms with van der Waals surface area (Å²) in [7, 11) is 0. The van der Waals surface area contributed by atoms with E-state index in [1.54, 1.807) is 0 Å². The summed E-state index contributed by atoms with van der Waals surface area (Å²) in [4.78, 5) is 0. The zero-order valence-electron chi connectivity index (χ0n) is 4.76. The fraction of sp³-hybridized carbons (Fsp3) is 0. The van der Waals surface area contributed by atoms with Crippen LogP contribution in [0.15, 0.2) is 0 Å². The van der Waals surface area contributed by atoms with Crippen LogP contribution in [-0.4, -0.2) is 11.0 Å². The minimum Gasteiger partial charge on any atom is -2.00 e. The maximum atomic E-state index is 0. The second kappa shape index (κ2) is 39.6. The van der Waals surface area contributed by atoms with Gasteiger partial charge in [-0.15, -0.1) is 0 Å². The van der Waals surface area contributed by atoms with E-state index in [1.807, 2.05) is 0 Å². The average molecular weight is 516 g/mol. The van der Waals surface area contributed by atoms with E-state index in [-0.39, 0.29) is 210 Å². The Kier molecular flexibility index (Phi) is 287. The minimum absolute atomic E-state index is 0. The molecule has 7 heteroatoms. The van der Waals surface area contributed by atoms with Crippen LogP contribution in [0.3, 0.4) is 0 Å². The summed E-state index contributed by atoms with van der Waals surface area (Å²) in [6, 6.07) is 0. The van der Waals surface area contributed by atoms with Gasteiger partial charge in [-0.1, -0.05) is 0 Å². The predicted octanol–water partition coefficient (Wildman–Crippen LogP) is -9.49. The molecule has 0 aliphatic heterocycles. The average Bonchev–Trinajstić information content (AvgIpc) is 0. The van der Waals surface area contributed by atoms with Crippen LogP contribution in [0.4, 0.5) is 0 Å². The van der Waals surface area contributed by atoms with Gasteiger partial charge in [-0.25, -0.2) is 0 Å². The van der Waals surface area contributed by atoms with Gasteiger partial charge in [-0.2, -0.15) is 0 Å². The standard InChI is InChI=1S/Cs.K.Na.Nb.O.Si.W/q3*+1;+5;-2;+4;. The fourth-order valence-corrected chi connectivity index (χ4v) is 0. The minimum atomic E-state index is 0. The molecule has 1 nitrogen and oxygen atoms in total. The summed E-state index contributed by atoms with van der Waals surface area (Å²) in [5.41, 5.74) is 0. The van der Waals surface area contributed by atoms with Gasteiger partial charge in [0.25, 0.3) is 0 Å². The van der Waals surface area contributed by atoms with Crippen LogP contribution in [0.2, 0.25) is 0 Å². The van der Waals surface area contributed by atoms with Gasteiger partial charge in [0.15, 0.2) is 0 Å². The van der Waals surface area contributed by atoms with E-state index >= 15 is 0 Å². The number of hydrogen-bond donors (Lipinski definition) is 0. The van der Waals surface area contributed by atoms with E-state index in [1.165, 1.54) is 0 Å². The molecule has 0 aromatic heterocycles. The summed E-state index contributed by atoms with van der Waals surface area (Å²) in [6.07, 6.45) is 0. The van der Waals surface area contributed by atoms with Gasteiger partial charge in [0, 0.05) is 21.1 Å². The van der Waals surface area contributed by atoms with Gasteiger partial charge in [0.05, 0.1) is 0 Å². The van der Waals surface area contributed by atoms with Crippen molar-refractivity contribution in [3.05, 3.63) is 0 Å². The molecule has 0 atom stereocenters. The van der Waals surface area contributed by atoms with E-state index in [2.05, 4.69) is 0 Å². The number of hydrogen-bond acceptors (Lipinski definition) is 0. The van der Waals surface area contributed by atoms with Crippen molar-refractivity contribution in [1.82, 2.24) is 0 Å². The van der Waals surface area contributed by atoms with Crippen LogP contribution >= 0.6 is 0 Å². The van der Waals surface area contributed by atoms with Crippen LogP contribution in [-0.2, 0) is 48.9 Å². The molecular weight excluding hydrogens is 516 g/mol. The Morgan fingerprint density at radius 3 is 1.00 bits per heavy atom. The van der Waals surface area contributed by atoms with Crippen LogP contribution in [0, 0.1) is 0 Å². The summed E-state index contributed by atoms with van der Waals surface area (Å²) < 4.78 is 0. The van der Waals surface area contributed by atoms with Gasteiger partial charge in [-0.05, 0) is 0 Å². The zero-order chi connectivity index (χ0) is 0. The first kappa shape index (κ1) is 50.7. The van der Waals surface area contributed by atoms with Crippen molar-refractivity contribution in [2.24, 2.45) is 0 Å². The summed E-state index contributed by atoms with van der Waals surface area (Å²) >= 11 is 0. The van der Waals surface area contributed by atoms with Gasteiger partial charge >= 0.3 is 183 Å². The Balaban J connectivity index is 0. The van der Waals surface area contributed by atoms with E-state index in [9.17, 15) is 0 Å². The molecule has 0 saturated heterocycles. The molecule has 0 fully saturated rings. The zero-order valence-corrected chi connectivity index (χ0v) is 22.3. The van der Waals surface area contributed by atoms with Gasteiger partial charge in [-0.3, -0.25) is 0 Å². The Bertz CT molecular complexity index is 19.7. The first-order valence-electron chi connectivity index (χ1n) is 0. The molecular formula is CsKNaNbOSiW+10. The van der Waals surface area contributed by atoms with Crippen molar-refractivity contribution < 1.29 is 199 Å². The molecule has 0 saturated carbocycles. The van der Waals surface area contributed by atoms with Gasteiger partial charge < -0.3 is 5.48 Å². The third-order valence-electron chi connectivity index (χ3n) is 0. The van der Waals surface area contributed by atoms with Gasteiger partial charge in [0.1, 0.15) is 0 Å². The van der Waals surface area contributed by atoms with Crippen LogP contribution < -0.4 is 150 Å². The number of rotatable bonds is 0. The first-order valence-corrected chi connectivity index (χ1v) is 0. The Hall–Kier alpha value is 6.29. The topological polar surface area (TPSA) is 28.5 Å². The molecule has 0 radical (unpaired) electrons. The monoisotopic (exact) mass is 516 g/mol. The molecule has 0 aromatic carbocycles. The normalized spacial score (nSPS) is 0. The first-order chi connectivity index (χ1) is 0. The molecule has 0 bridgehead atoms. The Labute approximate surface area is 202 Å². The molecule has 0 spiro atoms. The molecule has 0 heterocycles. The fourth-order valence-electron chi connectivity index (χ4n) is 0. The second-order valence-electron chi connectivity index (χ2n) is 0.